The monoisotopic (exact) mass is 247 g/mol. The van der Waals surface area contributed by atoms with E-state index < -0.39 is 17.5 Å². The first-order valence-corrected chi connectivity index (χ1v) is 6.06. The topological polar surface area (TPSA) is 43.4 Å². The number of carbonyl (C=O) groups is 1. The molecule has 0 aliphatic rings. The molecule has 0 bridgehead atoms. The van der Waals surface area contributed by atoms with E-state index in [0.717, 1.165) is 12.0 Å². The number of aryl methyl sites for hydroxylation is 1. The minimum atomic E-state index is -0.963. The van der Waals surface area contributed by atoms with Gasteiger partial charge in [-0.2, -0.15) is 0 Å². The molecule has 1 unspecified atom stereocenters. The van der Waals surface area contributed by atoms with Crippen molar-refractivity contribution in [2.24, 2.45) is 0 Å². The second-order valence-corrected chi connectivity index (χ2v) is 5.18. The van der Waals surface area contributed by atoms with Crippen molar-refractivity contribution in [2.75, 3.05) is 0 Å². The summed E-state index contributed by atoms with van der Waals surface area (Å²) in [5.41, 5.74) is 1.18. The van der Waals surface area contributed by atoms with Crippen LogP contribution in [0.3, 0.4) is 0 Å². The Hall–Kier alpha value is -1.64. The molecule has 1 aromatic rings. The fourth-order valence-electron chi connectivity index (χ4n) is 1.56. The highest BCUT2D eigenvalue weighted by Crippen LogP contribution is 2.19. The van der Waals surface area contributed by atoms with Gasteiger partial charge in [0.15, 0.2) is 0 Å². The highest BCUT2D eigenvalue weighted by atomic mass is 16.6. The number of hydrogen-bond acceptors (Lipinski definition) is 3. The van der Waals surface area contributed by atoms with Gasteiger partial charge in [-0.15, -0.1) is 0 Å². The fraction of sp³-hybridized carbons (Fsp3) is 0.467. The average Bonchev–Trinajstić information content (AvgIpc) is 2.28. The standard InChI is InChI=1S/C15H19O3/c1-5-11-6-8-12(9-7-11)13(10-16)14(17)18-15(2,3)4/h6-9,13H,5H2,1-4H3. The minimum Gasteiger partial charge on any atom is -0.459 e. The lowest BCUT2D eigenvalue weighted by molar-refractivity contribution is -0.154. The molecular formula is C15H19O3. The van der Waals surface area contributed by atoms with Crippen LogP contribution in [0.2, 0.25) is 0 Å². The zero-order valence-electron chi connectivity index (χ0n) is 11.3. The van der Waals surface area contributed by atoms with Crippen molar-refractivity contribution in [1.29, 1.82) is 0 Å². The fourth-order valence-corrected chi connectivity index (χ4v) is 1.56. The van der Waals surface area contributed by atoms with Crippen LogP contribution in [0.15, 0.2) is 24.3 Å². The Morgan fingerprint density at radius 3 is 2.22 bits per heavy atom. The van der Waals surface area contributed by atoms with Gasteiger partial charge in [0.2, 0.25) is 6.29 Å². The number of hydrogen-bond donors (Lipinski definition) is 0. The molecule has 0 amide bonds. The molecule has 3 nitrogen and oxygen atoms in total. The molecule has 3 heteroatoms. The lowest BCUT2D eigenvalue weighted by Crippen LogP contribution is -2.28. The van der Waals surface area contributed by atoms with Crippen molar-refractivity contribution in [2.45, 2.75) is 45.6 Å². The van der Waals surface area contributed by atoms with Gasteiger partial charge < -0.3 is 4.74 Å². The third kappa shape index (κ3) is 3.99. The van der Waals surface area contributed by atoms with Crippen LogP contribution in [-0.4, -0.2) is 17.9 Å². The van der Waals surface area contributed by atoms with Gasteiger partial charge in [-0.25, -0.2) is 0 Å². The van der Waals surface area contributed by atoms with E-state index in [1.165, 1.54) is 0 Å². The van der Waals surface area contributed by atoms with Crippen LogP contribution in [0.25, 0.3) is 0 Å². The first-order valence-electron chi connectivity index (χ1n) is 6.06. The Kier molecular flexibility index (Phi) is 4.65. The number of rotatable bonds is 4. The van der Waals surface area contributed by atoms with Gasteiger partial charge in [0.1, 0.15) is 11.5 Å². The Morgan fingerprint density at radius 2 is 1.83 bits per heavy atom. The molecule has 1 atom stereocenters. The first-order chi connectivity index (χ1) is 8.37. The highest BCUT2D eigenvalue weighted by molar-refractivity contribution is 5.94. The van der Waals surface area contributed by atoms with Crippen molar-refractivity contribution < 1.29 is 14.3 Å². The van der Waals surface area contributed by atoms with Crippen LogP contribution in [0.5, 0.6) is 0 Å². The third-order valence-electron chi connectivity index (χ3n) is 2.48. The second kappa shape index (κ2) is 5.80. The van der Waals surface area contributed by atoms with Crippen LogP contribution in [0.1, 0.15) is 44.7 Å². The van der Waals surface area contributed by atoms with Gasteiger partial charge in [-0.05, 0) is 38.3 Å². The molecule has 0 saturated carbocycles. The lowest BCUT2D eigenvalue weighted by atomic mass is 9.98. The molecule has 97 valence electrons. The van der Waals surface area contributed by atoms with E-state index >= 15 is 0 Å². The Morgan fingerprint density at radius 1 is 1.28 bits per heavy atom. The second-order valence-electron chi connectivity index (χ2n) is 5.18. The van der Waals surface area contributed by atoms with Crippen molar-refractivity contribution in [1.82, 2.24) is 0 Å². The van der Waals surface area contributed by atoms with Crippen LogP contribution in [0, 0.1) is 0 Å². The summed E-state index contributed by atoms with van der Waals surface area (Å²) in [4.78, 5) is 22.8. The molecule has 1 rings (SSSR count). The summed E-state index contributed by atoms with van der Waals surface area (Å²) >= 11 is 0. The van der Waals surface area contributed by atoms with Gasteiger partial charge in [-0.3, -0.25) is 9.59 Å². The van der Waals surface area contributed by atoms with Crippen molar-refractivity contribution in [3.8, 4) is 0 Å². The normalized spacial score (nSPS) is 12.9. The molecule has 1 radical (unpaired) electrons. The Bertz CT molecular complexity index is 412. The summed E-state index contributed by atoms with van der Waals surface area (Å²) in [5.74, 6) is -1.52. The number of ether oxygens (including phenoxy) is 1. The van der Waals surface area contributed by atoms with Gasteiger partial charge in [0.05, 0.1) is 0 Å². The van der Waals surface area contributed by atoms with E-state index in [4.69, 9.17) is 4.74 Å². The lowest BCUT2D eigenvalue weighted by Gasteiger charge is -2.21. The first kappa shape index (κ1) is 14.4. The smallest absolute Gasteiger partial charge is 0.322 e. The summed E-state index contributed by atoms with van der Waals surface area (Å²) in [7, 11) is 0. The molecule has 0 aliphatic carbocycles. The summed E-state index contributed by atoms with van der Waals surface area (Å²) in [6.07, 6.45) is 2.67. The Balaban J connectivity index is 2.88. The third-order valence-corrected chi connectivity index (χ3v) is 2.48. The number of carbonyl (C=O) groups excluding carboxylic acids is 2. The molecule has 0 N–H and O–H groups in total. The predicted molar refractivity (Wildman–Crippen MR) is 70.1 cm³/mol. The van der Waals surface area contributed by atoms with E-state index in [2.05, 4.69) is 0 Å². The maximum absolute atomic E-state index is 11.9. The quantitative estimate of drug-likeness (QED) is 0.607. The van der Waals surface area contributed by atoms with Crippen LogP contribution in [-0.2, 0) is 20.7 Å². The van der Waals surface area contributed by atoms with Gasteiger partial charge in [0.25, 0.3) is 0 Å². The average molecular weight is 247 g/mol. The van der Waals surface area contributed by atoms with Crippen molar-refractivity contribution in [3.63, 3.8) is 0 Å². The highest BCUT2D eigenvalue weighted by Gasteiger charge is 2.26. The summed E-state index contributed by atoms with van der Waals surface area (Å²) in [6, 6.07) is 7.37. The molecule has 0 spiro atoms. The molecule has 0 fully saturated rings. The zero-order chi connectivity index (χ0) is 13.8. The van der Waals surface area contributed by atoms with E-state index in [9.17, 15) is 9.59 Å². The largest absolute Gasteiger partial charge is 0.459 e. The maximum atomic E-state index is 11.9. The maximum Gasteiger partial charge on any atom is 0.322 e. The zero-order valence-corrected chi connectivity index (χ0v) is 11.3. The van der Waals surface area contributed by atoms with Gasteiger partial charge in [-0.1, -0.05) is 31.2 Å². The van der Waals surface area contributed by atoms with Gasteiger partial charge in [0, 0.05) is 0 Å². The summed E-state index contributed by atoms with van der Waals surface area (Å²) < 4.78 is 5.20. The number of benzene rings is 1. The van der Waals surface area contributed by atoms with Crippen molar-refractivity contribution in [3.05, 3.63) is 35.4 Å². The van der Waals surface area contributed by atoms with E-state index in [-0.39, 0.29) is 0 Å². The molecule has 18 heavy (non-hydrogen) atoms. The molecule has 1 aromatic carbocycles. The molecule has 0 saturated heterocycles. The van der Waals surface area contributed by atoms with Crippen LogP contribution >= 0.6 is 0 Å². The number of esters is 1. The SMILES string of the molecule is CCc1ccc(C([C]=O)C(=O)OC(C)(C)C)cc1. The van der Waals surface area contributed by atoms with Crippen LogP contribution < -0.4 is 0 Å². The van der Waals surface area contributed by atoms with Crippen LogP contribution in [0.4, 0.5) is 0 Å². The molecule has 0 aromatic heterocycles. The Labute approximate surface area is 108 Å². The van der Waals surface area contributed by atoms with E-state index in [1.807, 2.05) is 19.1 Å². The predicted octanol–water partition coefficient (Wildman–Crippen LogP) is 2.78. The van der Waals surface area contributed by atoms with Gasteiger partial charge >= 0.3 is 5.97 Å². The molecular weight excluding hydrogens is 228 g/mol. The molecule has 0 aliphatic heterocycles. The van der Waals surface area contributed by atoms with E-state index in [0.29, 0.717) is 5.56 Å². The molecule has 0 heterocycles. The van der Waals surface area contributed by atoms with E-state index in [1.54, 1.807) is 39.2 Å². The van der Waals surface area contributed by atoms with Crippen molar-refractivity contribution >= 4 is 12.3 Å². The minimum absolute atomic E-state index is 0.554. The summed E-state index contributed by atoms with van der Waals surface area (Å²) in [6.45, 7) is 7.36. The summed E-state index contributed by atoms with van der Waals surface area (Å²) in [5, 5.41) is 0.